The molecule has 0 aliphatic heterocycles. The highest BCUT2D eigenvalue weighted by Gasteiger charge is 2.40. The number of nitrogens with two attached hydrogens (primary N) is 2. The molecule has 0 aromatic heterocycles. The molecule has 0 spiro atoms. The van der Waals surface area contributed by atoms with E-state index in [1.165, 1.54) is 0 Å². The predicted octanol–water partition coefficient (Wildman–Crippen LogP) is 1.23. The maximum atomic E-state index is 12.6. The number of benzene rings is 1. The van der Waals surface area contributed by atoms with Gasteiger partial charge in [-0.15, -0.1) is 0 Å². The van der Waals surface area contributed by atoms with Gasteiger partial charge in [-0.05, 0) is 18.2 Å². The van der Waals surface area contributed by atoms with Crippen molar-refractivity contribution in [1.29, 1.82) is 0 Å². The fourth-order valence-corrected chi connectivity index (χ4v) is 1.86. The molecule has 5 nitrogen and oxygen atoms in total. The van der Waals surface area contributed by atoms with Crippen molar-refractivity contribution in [3.63, 3.8) is 0 Å². The summed E-state index contributed by atoms with van der Waals surface area (Å²) in [6, 6.07) is 3.10. The Hall–Kier alpha value is -1.55. The van der Waals surface area contributed by atoms with Crippen LogP contribution < -0.4 is 16.2 Å². The summed E-state index contributed by atoms with van der Waals surface area (Å²) in [6.45, 7) is -1.31. The highest BCUT2D eigenvalue weighted by Crippen LogP contribution is 2.25. The fourth-order valence-electron chi connectivity index (χ4n) is 1.21. The lowest BCUT2D eigenvalue weighted by atomic mass is 10.2. The van der Waals surface area contributed by atoms with E-state index < -0.39 is 28.9 Å². The Labute approximate surface area is 106 Å². The second-order valence-corrected chi connectivity index (χ2v) is 5.24. The summed E-state index contributed by atoms with van der Waals surface area (Å²) in [5.74, 6) is -4.20. The molecule has 0 unspecified atom stereocenters. The monoisotopic (exact) mass is 301 g/mol. The van der Waals surface area contributed by atoms with Crippen molar-refractivity contribution in [3.8, 4) is 0 Å². The smallest absolute Gasteiger partial charge is 0.324 e. The van der Waals surface area contributed by atoms with Crippen molar-refractivity contribution in [3.05, 3.63) is 18.2 Å². The third kappa shape index (κ3) is 3.96. The van der Waals surface area contributed by atoms with E-state index >= 15 is 0 Å². The molecule has 0 aliphatic carbocycles. The first kappa shape index (κ1) is 15.5. The molecular weight excluding hydrogens is 290 g/mol. The minimum absolute atomic E-state index is 0.0229. The molecule has 0 saturated carbocycles. The van der Waals surface area contributed by atoms with Crippen LogP contribution in [0.1, 0.15) is 0 Å². The van der Waals surface area contributed by atoms with E-state index in [9.17, 15) is 26.0 Å². The van der Waals surface area contributed by atoms with Crippen LogP contribution in [0.25, 0.3) is 0 Å². The number of hydrogen-bond acceptors (Lipinski definition) is 4. The average Bonchev–Trinajstić information content (AvgIpc) is 2.24. The Morgan fingerprint density at radius 3 is 2.32 bits per heavy atom. The van der Waals surface area contributed by atoms with Crippen molar-refractivity contribution >= 4 is 21.4 Å². The SMILES string of the molecule is Nc1cc(NCC(F)(F)C(F)F)ccc1S(N)(=O)=O. The van der Waals surface area contributed by atoms with E-state index in [4.69, 9.17) is 10.9 Å². The molecule has 19 heavy (non-hydrogen) atoms. The molecule has 1 rings (SSSR count). The van der Waals surface area contributed by atoms with Crippen LogP contribution in [0, 0.1) is 0 Å². The Bertz CT molecular complexity index is 563. The molecule has 0 amide bonds. The van der Waals surface area contributed by atoms with Crippen molar-refractivity contribution in [2.24, 2.45) is 5.14 Å². The lowest BCUT2D eigenvalue weighted by molar-refractivity contribution is -0.117. The summed E-state index contributed by atoms with van der Waals surface area (Å²) in [7, 11) is -4.03. The van der Waals surface area contributed by atoms with Gasteiger partial charge in [-0.25, -0.2) is 22.3 Å². The number of alkyl halides is 4. The topological polar surface area (TPSA) is 98.2 Å². The van der Waals surface area contributed by atoms with Crippen LogP contribution in [0.5, 0.6) is 0 Å². The van der Waals surface area contributed by atoms with Gasteiger partial charge in [0, 0.05) is 5.69 Å². The molecule has 0 saturated heterocycles. The van der Waals surface area contributed by atoms with E-state index in [-0.39, 0.29) is 16.3 Å². The van der Waals surface area contributed by atoms with E-state index in [2.05, 4.69) is 0 Å². The first-order valence-electron chi connectivity index (χ1n) is 4.86. The first-order chi connectivity index (χ1) is 8.54. The number of primary sulfonamides is 1. The zero-order chi connectivity index (χ0) is 14.8. The van der Waals surface area contributed by atoms with Crippen LogP contribution in [-0.4, -0.2) is 27.3 Å². The standard InChI is InChI=1S/C9H11F4N3O2S/c10-8(11)9(12,13)4-16-5-1-2-7(6(14)3-5)19(15,17)18/h1-3,8,16H,4,14H2,(H2,15,17,18). The molecular formula is C9H11F4N3O2S. The maximum Gasteiger partial charge on any atom is 0.324 e. The van der Waals surface area contributed by atoms with Gasteiger partial charge >= 0.3 is 12.3 Å². The van der Waals surface area contributed by atoms with Crippen LogP contribution >= 0.6 is 0 Å². The van der Waals surface area contributed by atoms with Crippen molar-refractivity contribution in [2.75, 3.05) is 17.6 Å². The predicted molar refractivity (Wildman–Crippen MR) is 61.7 cm³/mol. The average molecular weight is 301 g/mol. The minimum atomic E-state index is -4.20. The maximum absolute atomic E-state index is 12.6. The van der Waals surface area contributed by atoms with Gasteiger partial charge < -0.3 is 11.1 Å². The number of nitrogens with one attached hydrogen (secondary N) is 1. The van der Waals surface area contributed by atoms with E-state index in [1.54, 1.807) is 0 Å². The Morgan fingerprint density at radius 1 is 1.32 bits per heavy atom. The van der Waals surface area contributed by atoms with E-state index in [0.29, 0.717) is 0 Å². The van der Waals surface area contributed by atoms with Gasteiger partial charge in [-0.2, -0.15) is 8.78 Å². The highest BCUT2D eigenvalue weighted by atomic mass is 32.2. The Balaban J connectivity index is 2.86. The van der Waals surface area contributed by atoms with Gasteiger partial charge in [0.15, 0.2) is 0 Å². The molecule has 108 valence electrons. The van der Waals surface area contributed by atoms with Crippen LogP contribution in [0.3, 0.4) is 0 Å². The third-order valence-corrected chi connectivity index (χ3v) is 3.15. The lowest BCUT2D eigenvalue weighted by Crippen LogP contribution is -2.34. The number of anilines is 2. The highest BCUT2D eigenvalue weighted by molar-refractivity contribution is 7.89. The molecule has 0 radical (unpaired) electrons. The van der Waals surface area contributed by atoms with Gasteiger partial charge in [-0.3, -0.25) is 0 Å². The van der Waals surface area contributed by atoms with Gasteiger partial charge in [-0.1, -0.05) is 0 Å². The summed E-state index contributed by atoms with van der Waals surface area (Å²) in [5, 5.41) is 6.88. The van der Waals surface area contributed by atoms with E-state index in [0.717, 1.165) is 18.2 Å². The fraction of sp³-hybridized carbons (Fsp3) is 0.333. The molecule has 5 N–H and O–H groups in total. The normalized spacial score (nSPS) is 12.7. The zero-order valence-electron chi connectivity index (χ0n) is 9.41. The van der Waals surface area contributed by atoms with Gasteiger partial charge in [0.05, 0.1) is 12.2 Å². The molecule has 0 aliphatic rings. The van der Waals surface area contributed by atoms with Gasteiger partial charge in [0.25, 0.3) is 0 Å². The number of hydrogen-bond donors (Lipinski definition) is 3. The molecule has 0 heterocycles. The Morgan fingerprint density at radius 2 is 1.89 bits per heavy atom. The van der Waals surface area contributed by atoms with Crippen LogP contribution in [0.15, 0.2) is 23.1 Å². The molecule has 1 aromatic carbocycles. The van der Waals surface area contributed by atoms with Crippen molar-refractivity contribution in [2.45, 2.75) is 17.2 Å². The number of rotatable bonds is 5. The second-order valence-electron chi connectivity index (χ2n) is 3.71. The number of sulfonamides is 1. The molecule has 1 aromatic rings. The van der Waals surface area contributed by atoms with Crippen molar-refractivity contribution < 1.29 is 26.0 Å². The summed E-state index contributed by atoms with van der Waals surface area (Å²) in [4.78, 5) is -0.376. The van der Waals surface area contributed by atoms with Crippen LogP contribution in [0.2, 0.25) is 0 Å². The van der Waals surface area contributed by atoms with Crippen LogP contribution in [-0.2, 0) is 10.0 Å². The summed E-state index contributed by atoms with van der Waals surface area (Å²) < 4.78 is 71.2. The molecule has 0 fully saturated rings. The quantitative estimate of drug-likeness (QED) is 0.562. The Kier molecular flexibility index (Phi) is 4.25. The molecule has 10 heteroatoms. The van der Waals surface area contributed by atoms with Gasteiger partial charge in [0.1, 0.15) is 4.90 Å². The first-order valence-corrected chi connectivity index (χ1v) is 6.41. The number of halogens is 4. The minimum Gasteiger partial charge on any atom is -0.398 e. The molecule has 0 bridgehead atoms. The largest absolute Gasteiger partial charge is 0.398 e. The number of nitrogen functional groups attached to an aromatic ring is 1. The second kappa shape index (κ2) is 5.21. The summed E-state index contributed by atoms with van der Waals surface area (Å²) in [5.41, 5.74) is 5.08. The van der Waals surface area contributed by atoms with Crippen molar-refractivity contribution in [1.82, 2.24) is 0 Å². The summed E-state index contributed by atoms with van der Waals surface area (Å²) in [6.07, 6.45) is -3.80. The summed E-state index contributed by atoms with van der Waals surface area (Å²) >= 11 is 0. The van der Waals surface area contributed by atoms with Crippen LogP contribution in [0.4, 0.5) is 28.9 Å². The molecule has 0 atom stereocenters. The third-order valence-electron chi connectivity index (χ3n) is 2.16. The van der Waals surface area contributed by atoms with E-state index in [1.807, 2.05) is 5.32 Å². The lowest BCUT2D eigenvalue weighted by Gasteiger charge is -2.17. The zero-order valence-corrected chi connectivity index (χ0v) is 10.2. The van der Waals surface area contributed by atoms with Gasteiger partial charge in [0.2, 0.25) is 10.0 Å².